The predicted octanol–water partition coefficient (Wildman–Crippen LogP) is 3.77. The number of rotatable bonds is 6. The van der Waals surface area contributed by atoms with E-state index in [1.807, 2.05) is 0 Å². The standard InChI is InChI=1S/C22H19ClFN5O3/c23-13-3-5-15(24)20(10-13)32-14-4-6-16(28-22(31)17-7-8-26-12-27-17)19(11-14)29-9-1-2-18(29)21(25)30/h3-8,10-12,18H,1-2,9H2,(H2,25,30)(H,28,31)/t18-/m0/s1. The van der Waals surface area contributed by atoms with Gasteiger partial charge in [0, 0.05) is 29.9 Å². The molecule has 0 aliphatic carbocycles. The Kier molecular flexibility index (Phi) is 6.18. The molecule has 0 unspecified atom stereocenters. The van der Waals surface area contributed by atoms with Crippen LogP contribution in [0.1, 0.15) is 23.3 Å². The lowest BCUT2D eigenvalue weighted by Gasteiger charge is -2.27. The van der Waals surface area contributed by atoms with Crippen molar-refractivity contribution < 1.29 is 18.7 Å². The molecule has 1 fully saturated rings. The average molecular weight is 456 g/mol. The number of benzene rings is 2. The van der Waals surface area contributed by atoms with Crippen LogP contribution in [-0.2, 0) is 4.79 Å². The van der Waals surface area contributed by atoms with E-state index in [0.717, 1.165) is 6.42 Å². The Morgan fingerprint density at radius 2 is 2.06 bits per heavy atom. The third-order valence-corrected chi connectivity index (χ3v) is 5.28. The minimum Gasteiger partial charge on any atom is -0.454 e. The van der Waals surface area contributed by atoms with Crippen LogP contribution in [0.4, 0.5) is 15.8 Å². The Balaban J connectivity index is 1.70. The molecule has 2 heterocycles. The molecular weight excluding hydrogens is 437 g/mol. The van der Waals surface area contributed by atoms with E-state index in [1.54, 1.807) is 23.1 Å². The van der Waals surface area contributed by atoms with Crippen molar-refractivity contribution in [1.82, 2.24) is 9.97 Å². The number of ether oxygens (including phenoxy) is 1. The lowest BCUT2D eigenvalue weighted by Crippen LogP contribution is -2.40. The second-order valence-electron chi connectivity index (χ2n) is 7.16. The molecule has 1 aliphatic heterocycles. The number of hydrogen-bond donors (Lipinski definition) is 2. The van der Waals surface area contributed by atoms with Crippen LogP contribution in [0.15, 0.2) is 55.0 Å². The molecule has 0 bridgehead atoms. The molecule has 1 atom stereocenters. The number of amides is 2. The van der Waals surface area contributed by atoms with Crippen molar-refractivity contribution >= 4 is 34.8 Å². The number of nitrogens with two attached hydrogens (primary N) is 1. The molecule has 32 heavy (non-hydrogen) atoms. The minimum absolute atomic E-state index is 0.0471. The van der Waals surface area contributed by atoms with Crippen molar-refractivity contribution in [2.45, 2.75) is 18.9 Å². The van der Waals surface area contributed by atoms with Crippen LogP contribution in [0.2, 0.25) is 5.02 Å². The normalized spacial score (nSPS) is 15.4. The topological polar surface area (TPSA) is 110 Å². The van der Waals surface area contributed by atoms with Crippen LogP contribution in [0.5, 0.6) is 11.5 Å². The van der Waals surface area contributed by atoms with Gasteiger partial charge in [-0.1, -0.05) is 11.6 Å². The maximum absolute atomic E-state index is 14.1. The summed E-state index contributed by atoms with van der Waals surface area (Å²) < 4.78 is 19.8. The number of carbonyl (C=O) groups is 2. The Labute approximate surface area is 188 Å². The maximum atomic E-state index is 14.1. The molecule has 0 saturated carbocycles. The quantitative estimate of drug-likeness (QED) is 0.585. The molecule has 10 heteroatoms. The summed E-state index contributed by atoms with van der Waals surface area (Å²) in [4.78, 5) is 34.2. The first-order valence-corrected chi connectivity index (χ1v) is 10.2. The van der Waals surface area contributed by atoms with Crippen molar-refractivity contribution in [2.75, 3.05) is 16.8 Å². The lowest BCUT2D eigenvalue weighted by atomic mass is 10.1. The minimum atomic E-state index is -0.576. The number of carbonyl (C=O) groups excluding carboxylic acids is 2. The monoisotopic (exact) mass is 455 g/mol. The summed E-state index contributed by atoms with van der Waals surface area (Å²) in [6.07, 6.45) is 4.07. The molecule has 0 radical (unpaired) electrons. The van der Waals surface area contributed by atoms with Crippen molar-refractivity contribution in [3.63, 3.8) is 0 Å². The molecule has 2 aromatic carbocycles. The van der Waals surface area contributed by atoms with E-state index >= 15 is 0 Å². The summed E-state index contributed by atoms with van der Waals surface area (Å²) in [6.45, 7) is 0.555. The zero-order chi connectivity index (χ0) is 22.7. The number of nitrogens with one attached hydrogen (secondary N) is 1. The molecule has 4 rings (SSSR count). The Morgan fingerprint density at radius 1 is 1.22 bits per heavy atom. The molecule has 3 N–H and O–H groups in total. The van der Waals surface area contributed by atoms with Crippen LogP contribution in [0.25, 0.3) is 0 Å². The average Bonchev–Trinajstić information content (AvgIpc) is 3.28. The zero-order valence-electron chi connectivity index (χ0n) is 16.8. The highest BCUT2D eigenvalue weighted by Gasteiger charge is 2.31. The first kappa shape index (κ1) is 21.5. The van der Waals surface area contributed by atoms with Gasteiger partial charge in [0.2, 0.25) is 5.91 Å². The van der Waals surface area contributed by atoms with Crippen LogP contribution in [0, 0.1) is 5.82 Å². The Morgan fingerprint density at radius 3 is 2.81 bits per heavy atom. The van der Waals surface area contributed by atoms with Gasteiger partial charge in [-0.05, 0) is 43.2 Å². The number of nitrogens with zero attached hydrogens (tertiary/aromatic N) is 3. The summed E-state index contributed by atoms with van der Waals surface area (Å²) in [7, 11) is 0. The molecule has 1 aliphatic rings. The van der Waals surface area contributed by atoms with Gasteiger partial charge in [0.15, 0.2) is 11.6 Å². The fourth-order valence-electron chi connectivity index (χ4n) is 3.56. The van der Waals surface area contributed by atoms with E-state index < -0.39 is 23.7 Å². The number of anilines is 2. The molecule has 1 aromatic heterocycles. The van der Waals surface area contributed by atoms with Gasteiger partial charge in [0.1, 0.15) is 23.8 Å². The van der Waals surface area contributed by atoms with Crippen molar-refractivity contribution in [3.8, 4) is 11.5 Å². The van der Waals surface area contributed by atoms with Gasteiger partial charge >= 0.3 is 0 Å². The van der Waals surface area contributed by atoms with E-state index in [2.05, 4.69) is 15.3 Å². The van der Waals surface area contributed by atoms with Crippen LogP contribution >= 0.6 is 11.6 Å². The summed E-state index contributed by atoms with van der Waals surface area (Å²) in [5, 5.41) is 3.12. The maximum Gasteiger partial charge on any atom is 0.274 e. The van der Waals surface area contributed by atoms with E-state index in [0.29, 0.717) is 35.1 Å². The van der Waals surface area contributed by atoms with Gasteiger partial charge in [-0.2, -0.15) is 0 Å². The van der Waals surface area contributed by atoms with E-state index in [4.69, 9.17) is 22.1 Å². The number of hydrogen-bond acceptors (Lipinski definition) is 6. The highest BCUT2D eigenvalue weighted by molar-refractivity contribution is 6.30. The van der Waals surface area contributed by atoms with Gasteiger partial charge in [0.25, 0.3) is 5.91 Å². The van der Waals surface area contributed by atoms with Crippen molar-refractivity contribution in [3.05, 3.63) is 71.5 Å². The van der Waals surface area contributed by atoms with Gasteiger partial charge in [-0.25, -0.2) is 14.4 Å². The Hall–Kier alpha value is -3.72. The summed E-state index contributed by atoms with van der Waals surface area (Å²) >= 11 is 5.95. The van der Waals surface area contributed by atoms with Gasteiger partial charge in [-0.3, -0.25) is 9.59 Å². The van der Waals surface area contributed by atoms with Crippen LogP contribution in [-0.4, -0.2) is 34.4 Å². The molecule has 0 spiro atoms. The van der Waals surface area contributed by atoms with E-state index in [1.165, 1.54) is 36.8 Å². The van der Waals surface area contributed by atoms with Crippen LogP contribution in [0.3, 0.4) is 0 Å². The second-order valence-corrected chi connectivity index (χ2v) is 7.59. The molecule has 2 amide bonds. The molecule has 164 valence electrons. The Bertz CT molecular complexity index is 1160. The molecule has 3 aromatic rings. The molecule has 1 saturated heterocycles. The molecular formula is C22H19ClFN5O3. The van der Waals surface area contributed by atoms with Gasteiger partial charge in [0.05, 0.1) is 11.4 Å². The smallest absolute Gasteiger partial charge is 0.274 e. The van der Waals surface area contributed by atoms with Crippen molar-refractivity contribution in [2.24, 2.45) is 5.73 Å². The fourth-order valence-corrected chi connectivity index (χ4v) is 3.72. The SMILES string of the molecule is NC(=O)[C@@H]1CCCN1c1cc(Oc2cc(Cl)ccc2F)ccc1NC(=O)c1ccncn1. The third-order valence-electron chi connectivity index (χ3n) is 5.04. The first-order chi connectivity index (χ1) is 15.4. The number of halogens is 2. The van der Waals surface area contributed by atoms with E-state index in [9.17, 15) is 14.0 Å². The lowest BCUT2D eigenvalue weighted by molar-refractivity contribution is -0.119. The fraction of sp³-hybridized carbons (Fsp3) is 0.182. The van der Waals surface area contributed by atoms with Crippen molar-refractivity contribution in [1.29, 1.82) is 0 Å². The summed E-state index contributed by atoms with van der Waals surface area (Å²) in [6, 6.07) is 9.75. The highest BCUT2D eigenvalue weighted by Crippen LogP contribution is 2.37. The summed E-state index contributed by atoms with van der Waals surface area (Å²) in [5.41, 5.74) is 6.72. The van der Waals surface area contributed by atoms with Gasteiger partial charge < -0.3 is 20.7 Å². The predicted molar refractivity (Wildman–Crippen MR) is 117 cm³/mol. The summed E-state index contributed by atoms with van der Waals surface area (Å²) in [5.74, 6) is -1.24. The van der Waals surface area contributed by atoms with Crippen LogP contribution < -0.4 is 20.7 Å². The number of aromatic nitrogens is 2. The number of primary amides is 1. The molecule has 8 nitrogen and oxygen atoms in total. The third kappa shape index (κ3) is 4.62. The first-order valence-electron chi connectivity index (χ1n) is 9.82. The largest absolute Gasteiger partial charge is 0.454 e. The van der Waals surface area contributed by atoms with Gasteiger partial charge in [-0.15, -0.1) is 0 Å². The second kappa shape index (κ2) is 9.19. The van der Waals surface area contributed by atoms with E-state index in [-0.39, 0.29) is 11.4 Å². The highest BCUT2D eigenvalue weighted by atomic mass is 35.5. The zero-order valence-corrected chi connectivity index (χ0v) is 17.6.